The van der Waals surface area contributed by atoms with Gasteiger partial charge >= 0.3 is 0 Å². The molecule has 2 fully saturated rings. The summed E-state index contributed by atoms with van der Waals surface area (Å²) in [5.74, 6) is -1.41. The van der Waals surface area contributed by atoms with Crippen molar-refractivity contribution in [2.75, 3.05) is 18.4 Å². The summed E-state index contributed by atoms with van der Waals surface area (Å²) in [6.45, 7) is 4.31. The summed E-state index contributed by atoms with van der Waals surface area (Å²) in [5.41, 5.74) is 0.958. The van der Waals surface area contributed by atoms with Crippen LogP contribution in [-0.2, 0) is 0 Å². The summed E-state index contributed by atoms with van der Waals surface area (Å²) >= 11 is 0. The maximum absolute atomic E-state index is 14.0. The first kappa shape index (κ1) is 20.9. The number of fused-ring (bicyclic) bond motifs is 1. The summed E-state index contributed by atoms with van der Waals surface area (Å²) in [7, 11) is 0. The molecule has 4 atom stereocenters. The number of likely N-dealkylation sites (tertiary alicyclic amines) is 1. The molecule has 1 unspecified atom stereocenters. The molecule has 3 heterocycles. The minimum Gasteiger partial charge on any atom is -0.366 e. The average Bonchev–Trinajstić information content (AvgIpc) is 3.36. The number of anilines is 1. The minimum atomic E-state index is -1.24. The Balaban J connectivity index is 1.20. The molecule has 1 aliphatic heterocycles. The molecule has 32 heavy (non-hydrogen) atoms. The first-order chi connectivity index (χ1) is 15.5. The second kappa shape index (κ2) is 8.50. The Morgan fingerprint density at radius 1 is 1.00 bits per heavy atom. The molecule has 0 spiro atoms. The first-order valence-electron chi connectivity index (χ1n) is 10.9. The van der Waals surface area contributed by atoms with Crippen molar-refractivity contribution in [3.05, 3.63) is 71.8 Å². The van der Waals surface area contributed by atoms with E-state index in [2.05, 4.69) is 38.4 Å². The van der Waals surface area contributed by atoms with E-state index in [1.165, 1.54) is 6.07 Å². The van der Waals surface area contributed by atoms with Crippen LogP contribution in [0.5, 0.6) is 0 Å². The highest BCUT2D eigenvalue weighted by Crippen LogP contribution is 2.41. The fourth-order valence-electron chi connectivity index (χ4n) is 5.08. The van der Waals surface area contributed by atoms with Crippen molar-refractivity contribution in [2.45, 2.75) is 31.8 Å². The number of hydrogen-bond acceptors (Lipinski definition) is 5. The van der Waals surface area contributed by atoms with Gasteiger partial charge in [-0.3, -0.25) is 9.88 Å². The molecular formula is C24H24F3N5. The molecule has 5 rings (SSSR count). The van der Waals surface area contributed by atoms with E-state index in [-0.39, 0.29) is 11.3 Å². The molecule has 1 saturated carbocycles. The van der Waals surface area contributed by atoms with Crippen molar-refractivity contribution in [3.63, 3.8) is 0 Å². The van der Waals surface area contributed by atoms with Gasteiger partial charge in [0.1, 0.15) is 11.6 Å². The molecule has 1 aliphatic carbocycles. The van der Waals surface area contributed by atoms with Crippen molar-refractivity contribution < 1.29 is 13.2 Å². The topological polar surface area (TPSA) is 53.9 Å². The van der Waals surface area contributed by atoms with Crippen molar-refractivity contribution in [1.29, 1.82) is 0 Å². The van der Waals surface area contributed by atoms with E-state index in [0.717, 1.165) is 37.7 Å². The Labute approximate surface area is 184 Å². The Bertz CT molecular complexity index is 1080. The van der Waals surface area contributed by atoms with E-state index in [4.69, 9.17) is 0 Å². The van der Waals surface area contributed by atoms with Crippen LogP contribution in [0, 0.1) is 29.3 Å². The lowest BCUT2D eigenvalue weighted by molar-refractivity contribution is 0.237. The second-order valence-corrected chi connectivity index (χ2v) is 8.77. The molecule has 8 heteroatoms. The van der Waals surface area contributed by atoms with Crippen LogP contribution in [-0.4, -0.2) is 39.2 Å². The van der Waals surface area contributed by atoms with Crippen LogP contribution in [0.3, 0.4) is 0 Å². The van der Waals surface area contributed by atoms with Crippen molar-refractivity contribution in [3.8, 4) is 11.3 Å². The number of rotatable bonds is 5. The van der Waals surface area contributed by atoms with Crippen LogP contribution in [0.2, 0.25) is 0 Å². The molecule has 0 bridgehead atoms. The standard InChI is InChI=1S/C24H24F3N5/c1-14(21-4-2-3-7-28-21)32-12-15-8-18(9-16(15)13-32)29-23-6-5-22(30-31-23)19-10-17(25)11-20(26)24(19)27/h2-7,10-11,14-16,18H,8-9,12-13H2,1H3,(H,29,31)/t14?,15-,16+,18+. The highest BCUT2D eigenvalue weighted by Gasteiger charge is 2.42. The second-order valence-electron chi connectivity index (χ2n) is 8.77. The van der Waals surface area contributed by atoms with E-state index >= 15 is 0 Å². The maximum Gasteiger partial charge on any atom is 0.168 e. The lowest BCUT2D eigenvalue weighted by atomic mass is 10.0. The number of pyridine rings is 1. The van der Waals surface area contributed by atoms with Crippen molar-refractivity contribution >= 4 is 5.82 Å². The van der Waals surface area contributed by atoms with Crippen LogP contribution < -0.4 is 5.32 Å². The van der Waals surface area contributed by atoms with Gasteiger partial charge in [0.2, 0.25) is 0 Å². The molecule has 0 radical (unpaired) electrons. The Hall–Kier alpha value is -3.00. The largest absolute Gasteiger partial charge is 0.366 e. The normalized spacial score (nSPS) is 23.8. The van der Waals surface area contributed by atoms with Crippen LogP contribution in [0.1, 0.15) is 31.5 Å². The van der Waals surface area contributed by atoms with E-state index in [1.807, 2.05) is 18.3 Å². The first-order valence-corrected chi connectivity index (χ1v) is 10.9. The number of nitrogens with zero attached hydrogens (tertiary/aromatic N) is 4. The molecule has 1 aromatic carbocycles. The fraction of sp³-hybridized carbons (Fsp3) is 0.375. The molecule has 2 aliphatic rings. The summed E-state index contributed by atoms with van der Waals surface area (Å²) in [5, 5.41) is 11.5. The summed E-state index contributed by atoms with van der Waals surface area (Å²) in [6.07, 6.45) is 3.93. The lowest BCUT2D eigenvalue weighted by Crippen LogP contribution is -2.28. The predicted octanol–water partition coefficient (Wildman–Crippen LogP) is 4.84. The van der Waals surface area contributed by atoms with Gasteiger partial charge in [-0.15, -0.1) is 10.2 Å². The van der Waals surface area contributed by atoms with E-state index in [1.54, 1.807) is 6.07 Å². The third-order valence-electron chi connectivity index (χ3n) is 6.73. The number of nitrogens with one attached hydrogen (secondary N) is 1. The summed E-state index contributed by atoms with van der Waals surface area (Å²) < 4.78 is 40.9. The minimum absolute atomic E-state index is 0.0916. The van der Waals surface area contributed by atoms with Crippen molar-refractivity contribution in [1.82, 2.24) is 20.1 Å². The monoisotopic (exact) mass is 439 g/mol. The third-order valence-corrected chi connectivity index (χ3v) is 6.73. The summed E-state index contributed by atoms with van der Waals surface area (Å²) in [6, 6.07) is 11.3. The Morgan fingerprint density at radius 2 is 1.78 bits per heavy atom. The van der Waals surface area contributed by atoms with Gasteiger partial charge in [0, 0.05) is 43.0 Å². The van der Waals surface area contributed by atoms with Gasteiger partial charge in [-0.05, 0) is 61.9 Å². The molecular weight excluding hydrogens is 415 g/mol. The highest BCUT2D eigenvalue weighted by molar-refractivity contribution is 5.60. The number of aromatic nitrogens is 3. The predicted molar refractivity (Wildman–Crippen MR) is 115 cm³/mol. The third kappa shape index (κ3) is 4.07. The van der Waals surface area contributed by atoms with Crippen LogP contribution in [0.25, 0.3) is 11.3 Å². The number of halogens is 3. The van der Waals surface area contributed by atoms with Gasteiger partial charge in [-0.2, -0.15) is 0 Å². The zero-order chi connectivity index (χ0) is 22.2. The molecule has 166 valence electrons. The number of benzene rings is 1. The molecule has 0 amide bonds. The Kier molecular flexibility index (Phi) is 5.55. The number of hydrogen-bond donors (Lipinski definition) is 1. The summed E-state index contributed by atoms with van der Waals surface area (Å²) in [4.78, 5) is 7.01. The zero-order valence-electron chi connectivity index (χ0n) is 17.7. The van der Waals surface area contributed by atoms with E-state index < -0.39 is 17.5 Å². The smallest absolute Gasteiger partial charge is 0.168 e. The van der Waals surface area contributed by atoms with E-state index in [9.17, 15) is 13.2 Å². The quantitative estimate of drug-likeness (QED) is 0.577. The van der Waals surface area contributed by atoms with Gasteiger partial charge < -0.3 is 5.32 Å². The van der Waals surface area contributed by atoms with Crippen LogP contribution in [0.15, 0.2) is 48.7 Å². The lowest BCUT2D eigenvalue weighted by Gasteiger charge is -2.25. The Morgan fingerprint density at radius 3 is 2.44 bits per heavy atom. The molecule has 3 aromatic rings. The SMILES string of the molecule is CC(c1ccccn1)N1C[C@H]2C[C@H](Nc3ccc(-c4cc(F)cc(F)c4F)nn3)C[C@H]2C1. The molecule has 2 aromatic heterocycles. The van der Waals surface area contributed by atoms with Gasteiger partial charge in [0.15, 0.2) is 11.6 Å². The van der Waals surface area contributed by atoms with Crippen LogP contribution >= 0.6 is 0 Å². The molecule has 1 saturated heterocycles. The zero-order valence-corrected chi connectivity index (χ0v) is 17.7. The maximum atomic E-state index is 14.0. The van der Waals surface area contributed by atoms with E-state index in [0.29, 0.717) is 35.8 Å². The molecule has 5 nitrogen and oxygen atoms in total. The van der Waals surface area contributed by atoms with Gasteiger partial charge in [0.25, 0.3) is 0 Å². The molecule has 1 N–H and O–H groups in total. The van der Waals surface area contributed by atoms with Crippen molar-refractivity contribution in [2.24, 2.45) is 11.8 Å². The van der Waals surface area contributed by atoms with Crippen LogP contribution in [0.4, 0.5) is 19.0 Å². The highest BCUT2D eigenvalue weighted by atomic mass is 19.2. The average molecular weight is 439 g/mol. The van der Waals surface area contributed by atoms with Gasteiger partial charge in [-0.25, -0.2) is 13.2 Å². The fourth-order valence-corrected chi connectivity index (χ4v) is 5.08. The van der Waals surface area contributed by atoms with Gasteiger partial charge in [-0.1, -0.05) is 6.07 Å². The van der Waals surface area contributed by atoms with Gasteiger partial charge in [0.05, 0.1) is 11.4 Å².